The summed E-state index contributed by atoms with van der Waals surface area (Å²) in [7, 11) is 0. The lowest BCUT2D eigenvalue weighted by molar-refractivity contribution is -0.903. The standard InChI is InChI=1S/C22H31N5O2S/c1-17(2)16-20-24-25-22(30-20)23-19(28)8-9-21(29)27-14-12-26(13-15-27)11-10-18-6-4-3-5-7-18/h3-7,17H,8-16H2,1-2H3,(H,23,25,28)/p+1. The van der Waals surface area contributed by atoms with Gasteiger partial charge in [0.15, 0.2) is 0 Å². The Morgan fingerprint density at radius 3 is 2.57 bits per heavy atom. The topological polar surface area (TPSA) is 79.6 Å². The lowest BCUT2D eigenvalue weighted by Gasteiger charge is -2.32. The summed E-state index contributed by atoms with van der Waals surface area (Å²) in [5.74, 6) is 0.382. The van der Waals surface area contributed by atoms with Crippen LogP contribution in [0.25, 0.3) is 0 Å². The van der Waals surface area contributed by atoms with E-state index in [1.54, 1.807) is 0 Å². The third kappa shape index (κ3) is 7.18. The van der Waals surface area contributed by atoms with Crippen molar-refractivity contribution in [3.63, 3.8) is 0 Å². The summed E-state index contributed by atoms with van der Waals surface area (Å²) in [6.07, 6.45) is 2.34. The largest absolute Gasteiger partial charge is 0.332 e. The van der Waals surface area contributed by atoms with Crippen molar-refractivity contribution in [1.29, 1.82) is 0 Å². The first-order valence-corrected chi connectivity index (χ1v) is 11.6. The van der Waals surface area contributed by atoms with Crippen LogP contribution < -0.4 is 10.2 Å². The van der Waals surface area contributed by atoms with Gasteiger partial charge in [0.05, 0.1) is 32.7 Å². The lowest BCUT2D eigenvalue weighted by atomic mass is 10.1. The van der Waals surface area contributed by atoms with Crippen molar-refractivity contribution < 1.29 is 14.5 Å². The van der Waals surface area contributed by atoms with E-state index in [0.717, 1.165) is 50.6 Å². The Balaban J connectivity index is 1.33. The van der Waals surface area contributed by atoms with Gasteiger partial charge in [-0.3, -0.25) is 9.59 Å². The van der Waals surface area contributed by atoms with Crippen molar-refractivity contribution >= 4 is 28.3 Å². The number of rotatable bonds is 9. The summed E-state index contributed by atoms with van der Waals surface area (Å²) in [5.41, 5.74) is 1.36. The fourth-order valence-corrected chi connectivity index (χ4v) is 4.55. The molecule has 1 saturated heterocycles. The van der Waals surface area contributed by atoms with Gasteiger partial charge in [0.2, 0.25) is 16.9 Å². The number of nitrogens with one attached hydrogen (secondary N) is 2. The van der Waals surface area contributed by atoms with Gasteiger partial charge in [-0.1, -0.05) is 55.5 Å². The van der Waals surface area contributed by atoms with Gasteiger partial charge in [-0.05, 0) is 11.5 Å². The summed E-state index contributed by atoms with van der Waals surface area (Å²) in [6, 6.07) is 10.5. The Bertz CT molecular complexity index is 816. The number of piperazine rings is 1. The zero-order chi connectivity index (χ0) is 21.3. The Morgan fingerprint density at radius 2 is 1.87 bits per heavy atom. The van der Waals surface area contributed by atoms with E-state index in [-0.39, 0.29) is 24.7 Å². The molecule has 7 nitrogen and oxygen atoms in total. The fraction of sp³-hybridized carbons (Fsp3) is 0.545. The summed E-state index contributed by atoms with van der Waals surface area (Å²) < 4.78 is 0. The minimum absolute atomic E-state index is 0.0602. The molecule has 3 rings (SSSR count). The number of nitrogens with zero attached hydrogens (tertiary/aromatic N) is 3. The van der Waals surface area contributed by atoms with Crippen LogP contribution in [0.15, 0.2) is 30.3 Å². The third-order valence-corrected chi connectivity index (χ3v) is 6.16. The highest BCUT2D eigenvalue weighted by molar-refractivity contribution is 7.15. The molecule has 2 amide bonds. The van der Waals surface area contributed by atoms with Crippen LogP contribution in [-0.2, 0) is 22.4 Å². The minimum Gasteiger partial charge on any atom is -0.332 e. The summed E-state index contributed by atoms with van der Waals surface area (Å²) in [6.45, 7) is 8.79. The van der Waals surface area contributed by atoms with Crippen LogP contribution in [-0.4, -0.2) is 59.6 Å². The predicted octanol–water partition coefficient (Wildman–Crippen LogP) is 1.43. The highest BCUT2D eigenvalue weighted by atomic mass is 32.1. The van der Waals surface area contributed by atoms with Gasteiger partial charge in [0.1, 0.15) is 5.01 Å². The van der Waals surface area contributed by atoms with Gasteiger partial charge in [-0.2, -0.15) is 0 Å². The molecule has 30 heavy (non-hydrogen) atoms. The maximum absolute atomic E-state index is 12.5. The molecule has 1 aliphatic heterocycles. The van der Waals surface area contributed by atoms with E-state index in [1.807, 2.05) is 11.0 Å². The Hall–Kier alpha value is -2.32. The zero-order valence-electron chi connectivity index (χ0n) is 17.9. The van der Waals surface area contributed by atoms with Crippen LogP contribution >= 0.6 is 11.3 Å². The van der Waals surface area contributed by atoms with Crippen LogP contribution in [0.3, 0.4) is 0 Å². The number of amides is 2. The maximum Gasteiger partial charge on any atom is 0.226 e. The molecule has 2 N–H and O–H groups in total. The maximum atomic E-state index is 12.5. The summed E-state index contributed by atoms with van der Waals surface area (Å²) >= 11 is 1.40. The van der Waals surface area contributed by atoms with Crippen LogP contribution in [0.1, 0.15) is 37.3 Å². The number of aromatic nitrogens is 2. The van der Waals surface area contributed by atoms with Gasteiger partial charge in [0.25, 0.3) is 0 Å². The van der Waals surface area contributed by atoms with E-state index in [0.29, 0.717) is 11.0 Å². The van der Waals surface area contributed by atoms with Crippen LogP contribution in [0, 0.1) is 5.92 Å². The second kappa shape index (κ2) is 11.2. The van der Waals surface area contributed by atoms with Crippen molar-refractivity contribution in [3.8, 4) is 0 Å². The van der Waals surface area contributed by atoms with E-state index < -0.39 is 0 Å². The SMILES string of the molecule is CC(C)Cc1nnc(NC(=O)CCC(=O)N2CC[NH+](CCc3ccccc3)CC2)s1. The number of carbonyl (C=O) groups is 2. The summed E-state index contributed by atoms with van der Waals surface area (Å²) in [4.78, 5) is 28.1. The molecule has 2 aromatic rings. The monoisotopic (exact) mass is 430 g/mol. The fourth-order valence-electron chi connectivity index (χ4n) is 3.58. The molecule has 0 unspecified atom stereocenters. The third-order valence-electron chi connectivity index (χ3n) is 5.30. The number of hydrogen-bond acceptors (Lipinski definition) is 5. The molecule has 1 aromatic carbocycles. The van der Waals surface area contributed by atoms with E-state index in [9.17, 15) is 9.59 Å². The van der Waals surface area contributed by atoms with Crippen molar-refractivity contribution in [2.45, 2.75) is 39.5 Å². The second-order valence-corrected chi connectivity index (χ2v) is 9.33. The molecular formula is C22H32N5O2S+. The first-order valence-electron chi connectivity index (χ1n) is 10.8. The molecule has 0 aliphatic carbocycles. The smallest absolute Gasteiger partial charge is 0.226 e. The molecule has 2 heterocycles. The van der Waals surface area contributed by atoms with Gasteiger partial charge < -0.3 is 15.1 Å². The average molecular weight is 431 g/mol. The molecule has 0 atom stereocenters. The lowest BCUT2D eigenvalue weighted by Crippen LogP contribution is -3.15. The number of hydrogen-bond donors (Lipinski definition) is 2. The molecule has 0 spiro atoms. The van der Waals surface area contributed by atoms with E-state index in [4.69, 9.17) is 0 Å². The normalized spacial score (nSPS) is 14.8. The van der Waals surface area contributed by atoms with Gasteiger partial charge in [0, 0.05) is 25.7 Å². The number of anilines is 1. The van der Waals surface area contributed by atoms with Gasteiger partial charge in [-0.15, -0.1) is 10.2 Å². The molecule has 1 fully saturated rings. The molecule has 0 radical (unpaired) electrons. The van der Waals surface area contributed by atoms with Crippen LogP contribution in [0.5, 0.6) is 0 Å². The van der Waals surface area contributed by atoms with Gasteiger partial charge >= 0.3 is 0 Å². The van der Waals surface area contributed by atoms with Crippen molar-refractivity contribution in [2.75, 3.05) is 38.0 Å². The van der Waals surface area contributed by atoms with Crippen LogP contribution in [0.2, 0.25) is 0 Å². The van der Waals surface area contributed by atoms with Crippen molar-refractivity contribution in [3.05, 3.63) is 40.9 Å². The first kappa shape index (κ1) is 22.4. The van der Waals surface area contributed by atoms with Gasteiger partial charge in [-0.25, -0.2) is 0 Å². The van der Waals surface area contributed by atoms with Crippen molar-refractivity contribution in [2.24, 2.45) is 5.92 Å². The van der Waals surface area contributed by atoms with E-state index in [1.165, 1.54) is 21.8 Å². The first-order chi connectivity index (χ1) is 14.5. The van der Waals surface area contributed by atoms with E-state index >= 15 is 0 Å². The Morgan fingerprint density at radius 1 is 1.13 bits per heavy atom. The number of benzene rings is 1. The van der Waals surface area contributed by atoms with Crippen molar-refractivity contribution in [1.82, 2.24) is 15.1 Å². The predicted molar refractivity (Wildman–Crippen MR) is 119 cm³/mol. The second-order valence-electron chi connectivity index (χ2n) is 8.26. The molecule has 1 aliphatic rings. The molecule has 0 bridgehead atoms. The number of carbonyl (C=O) groups excluding carboxylic acids is 2. The molecule has 0 saturated carbocycles. The molecule has 8 heteroatoms. The number of quaternary nitrogens is 1. The zero-order valence-corrected chi connectivity index (χ0v) is 18.7. The van der Waals surface area contributed by atoms with Crippen LogP contribution in [0.4, 0.5) is 5.13 Å². The molecule has 162 valence electrons. The van der Waals surface area contributed by atoms with E-state index in [2.05, 4.69) is 53.6 Å². The summed E-state index contributed by atoms with van der Waals surface area (Å²) in [5, 5.41) is 12.3. The quantitative estimate of drug-likeness (QED) is 0.631. The minimum atomic E-state index is -0.178. The molecular weight excluding hydrogens is 398 g/mol. The Kier molecular flexibility index (Phi) is 8.33. The average Bonchev–Trinajstić information content (AvgIpc) is 3.17. The molecule has 1 aromatic heterocycles. The Labute approximate surface area is 182 Å². The highest BCUT2D eigenvalue weighted by Crippen LogP contribution is 2.18. The highest BCUT2D eigenvalue weighted by Gasteiger charge is 2.23.